The topological polar surface area (TPSA) is 41.0 Å². The fourth-order valence-electron chi connectivity index (χ4n) is 3.38. The molecule has 2 atom stereocenters. The lowest BCUT2D eigenvalue weighted by Crippen LogP contribution is -2.35. The molecule has 2 aliphatic rings. The maximum absolute atomic E-state index is 4.54. The van der Waals surface area contributed by atoms with Gasteiger partial charge in [-0.1, -0.05) is 12.1 Å². The van der Waals surface area contributed by atoms with Crippen LogP contribution in [0.4, 0.5) is 5.82 Å². The summed E-state index contributed by atoms with van der Waals surface area (Å²) in [6.07, 6.45) is 5.54. The molecule has 2 aliphatic heterocycles. The molecule has 4 rings (SSSR count). The molecule has 2 aromatic rings. The largest absolute Gasteiger partial charge is 0.354 e. The summed E-state index contributed by atoms with van der Waals surface area (Å²) >= 11 is 0. The number of nitrogens with one attached hydrogen (secondary N) is 1. The van der Waals surface area contributed by atoms with Crippen molar-refractivity contribution in [1.82, 2.24) is 15.3 Å². The van der Waals surface area contributed by atoms with Crippen molar-refractivity contribution in [1.29, 1.82) is 0 Å². The SMILES string of the molecule is c1ccc2c(N3CCC4CCC(C3)N4)ncnc2c1. The molecule has 1 aromatic carbocycles. The van der Waals surface area contributed by atoms with Gasteiger partial charge >= 0.3 is 0 Å². The van der Waals surface area contributed by atoms with Crippen LogP contribution in [0.2, 0.25) is 0 Å². The Bertz CT molecular complexity index is 592. The molecule has 0 amide bonds. The van der Waals surface area contributed by atoms with Crippen molar-refractivity contribution in [2.75, 3.05) is 18.0 Å². The zero-order chi connectivity index (χ0) is 12.7. The van der Waals surface area contributed by atoms with Crippen molar-refractivity contribution >= 4 is 16.7 Å². The maximum Gasteiger partial charge on any atom is 0.139 e. The average molecular weight is 254 g/mol. The molecule has 2 bridgehead atoms. The monoisotopic (exact) mass is 254 g/mol. The van der Waals surface area contributed by atoms with Gasteiger partial charge in [-0.25, -0.2) is 9.97 Å². The van der Waals surface area contributed by atoms with Crippen molar-refractivity contribution in [3.8, 4) is 0 Å². The molecule has 1 aromatic heterocycles. The Hall–Kier alpha value is -1.68. The zero-order valence-electron chi connectivity index (χ0n) is 10.9. The van der Waals surface area contributed by atoms with Crippen molar-refractivity contribution in [2.45, 2.75) is 31.3 Å². The number of fused-ring (bicyclic) bond motifs is 3. The van der Waals surface area contributed by atoms with Crippen LogP contribution in [-0.2, 0) is 0 Å². The average Bonchev–Trinajstić information content (AvgIpc) is 2.78. The van der Waals surface area contributed by atoms with Crippen LogP contribution in [0.1, 0.15) is 19.3 Å². The number of aromatic nitrogens is 2. The van der Waals surface area contributed by atoms with Crippen molar-refractivity contribution < 1.29 is 0 Å². The minimum Gasteiger partial charge on any atom is -0.354 e. The number of nitrogens with zero attached hydrogens (tertiary/aromatic N) is 3. The number of hydrogen-bond donors (Lipinski definition) is 1. The third-order valence-corrected chi connectivity index (χ3v) is 4.34. The van der Waals surface area contributed by atoms with Gasteiger partial charge in [0.1, 0.15) is 12.1 Å². The van der Waals surface area contributed by atoms with E-state index in [1.807, 2.05) is 6.07 Å². The highest BCUT2D eigenvalue weighted by atomic mass is 15.2. The van der Waals surface area contributed by atoms with Crippen LogP contribution in [0.5, 0.6) is 0 Å². The lowest BCUT2D eigenvalue weighted by molar-refractivity contribution is 0.563. The molecule has 0 aliphatic carbocycles. The Balaban J connectivity index is 1.73. The van der Waals surface area contributed by atoms with Crippen molar-refractivity contribution in [3.63, 3.8) is 0 Å². The van der Waals surface area contributed by atoms with Crippen LogP contribution < -0.4 is 10.2 Å². The highest BCUT2D eigenvalue weighted by molar-refractivity contribution is 5.89. The van der Waals surface area contributed by atoms with Gasteiger partial charge in [-0.3, -0.25) is 0 Å². The van der Waals surface area contributed by atoms with Gasteiger partial charge in [0.25, 0.3) is 0 Å². The Morgan fingerprint density at radius 3 is 2.95 bits per heavy atom. The van der Waals surface area contributed by atoms with E-state index in [0.29, 0.717) is 12.1 Å². The van der Waals surface area contributed by atoms with Gasteiger partial charge in [0.05, 0.1) is 5.52 Å². The summed E-state index contributed by atoms with van der Waals surface area (Å²) in [7, 11) is 0. The summed E-state index contributed by atoms with van der Waals surface area (Å²) in [6.45, 7) is 2.16. The molecule has 2 saturated heterocycles. The van der Waals surface area contributed by atoms with Crippen LogP contribution in [0.25, 0.3) is 10.9 Å². The Kier molecular flexibility index (Phi) is 2.62. The highest BCUT2D eigenvalue weighted by Crippen LogP contribution is 2.27. The lowest BCUT2D eigenvalue weighted by Gasteiger charge is -2.26. The van der Waals surface area contributed by atoms with Crippen LogP contribution >= 0.6 is 0 Å². The lowest BCUT2D eigenvalue weighted by atomic mass is 10.1. The van der Waals surface area contributed by atoms with Gasteiger partial charge in [-0.2, -0.15) is 0 Å². The molecular formula is C15H18N4. The number of benzene rings is 1. The van der Waals surface area contributed by atoms with E-state index in [1.165, 1.54) is 24.6 Å². The first-order valence-corrected chi connectivity index (χ1v) is 7.11. The van der Waals surface area contributed by atoms with Gasteiger partial charge < -0.3 is 10.2 Å². The van der Waals surface area contributed by atoms with E-state index in [1.54, 1.807) is 6.33 Å². The second kappa shape index (κ2) is 4.46. The Morgan fingerprint density at radius 2 is 1.95 bits per heavy atom. The first-order valence-electron chi connectivity index (χ1n) is 7.11. The normalized spacial score (nSPS) is 26.6. The summed E-state index contributed by atoms with van der Waals surface area (Å²) in [5, 5.41) is 4.88. The number of rotatable bonds is 1. The fourth-order valence-corrected chi connectivity index (χ4v) is 3.38. The fraction of sp³-hybridized carbons (Fsp3) is 0.467. The molecule has 19 heavy (non-hydrogen) atoms. The molecule has 0 saturated carbocycles. The van der Waals surface area contributed by atoms with E-state index >= 15 is 0 Å². The number of hydrogen-bond acceptors (Lipinski definition) is 4. The van der Waals surface area contributed by atoms with Crippen LogP contribution in [0.3, 0.4) is 0 Å². The molecule has 0 radical (unpaired) electrons. The number of para-hydroxylation sites is 1. The van der Waals surface area contributed by atoms with Crippen LogP contribution in [0.15, 0.2) is 30.6 Å². The minimum atomic E-state index is 0.626. The Morgan fingerprint density at radius 1 is 1.05 bits per heavy atom. The van der Waals surface area contributed by atoms with Crippen LogP contribution in [-0.4, -0.2) is 35.1 Å². The summed E-state index contributed by atoms with van der Waals surface area (Å²) in [4.78, 5) is 11.3. The van der Waals surface area contributed by atoms with Gasteiger partial charge in [-0.15, -0.1) is 0 Å². The van der Waals surface area contributed by atoms with Gasteiger partial charge in [0.15, 0.2) is 0 Å². The summed E-state index contributed by atoms with van der Waals surface area (Å²) in [6, 6.07) is 9.62. The second-order valence-electron chi connectivity index (χ2n) is 5.59. The predicted molar refractivity (Wildman–Crippen MR) is 76.3 cm³/mol. The smallest absolute Gasteiger partial charge is 0.139 e. The molecule has 0 spiro atoms. The Labute approximate surface area is 112 Å². The minimum absolute atomic E-state index is 0.626. The molecule has 3 heterocycles. The van der Waals surface area contributed by atoms with E-state index < -0.39 is 0 Å². The van der Waals surface area contributed by atoms with E-state index in [0.717, 1.165) is 24.4 Å². The molecule has 4 heteroatoms. The van der Waals surface area contributed by atoms with Crippen molar-refractivity contribution in [3.05, 3.63) is 30.6 Å². The summed E-state index contributed by atoms with van der Waals surface area (Å²) in [5.74, 6) is 1.10. The first-order chi connectivity index (χ1) is 9.40. The molecule has 1 N–H and O–H groups in total. The molecule has 98 valence electrons. The zero-order valence-corrected chi connectivity index (χ0v) is 10.9. The molecular weight excluding hydrogens is 236 g/mol. The molecule has 4 nitrogen and oxygen atoms in total. The predicted octanol–water partition coefficient (Wildman–Crippen LogP) is 1.96. The van der Waals surface area contributed by atoms with Crippen LogP contribution in [0, 0.1) is 0 Å². The van der Waals surface area contributed by atoms with Crippen molar-refractivity contribution in [2.24, 2.45) is 0 Å². The summed E-state index contributed by atoms with van der Waals surface area (Å²) < 4.78 is 0. The molecule has 2 fully saturated rings. The van der Waals surface area contributed by atoms with Gasteiger partial charge in [0.2, 0.25) is 0 Å². The molecule has 2 unspecified atom stereocenters. The quantitative estimate of drug-likeness (QED) is 0.844. The summed E-state index contributed by atoms with van der Waals surface area (Å²) in [5.41, 5.74) is 1.04. The third kappa shape index (κ3) is 1.96. The standard InChI is InChI=1S/C15H18N4/c1-2-4-14-13(3-1)15(17-10-16-14)19-8-7-11-5-6-12(9-19)18-11/h1-4,10-12,18H,5-9H2. The second-order valence-corrected chi connectivity index (χ2v) is 5.59. The van der Waals surface area contributed by atoms with E-state index in [9.17, 15) is 0 Å². The van der Waals surface area contributed by atoms with Gasteiger partial charge in [-0.05, 0) is 31.4 Å². The first kappa shape index (κ1) is 11.2. The van der Waals surface area contributed by atoms with Gasteiger partial charge in [0, 0.05) is 30.6 Å². The van der Waals surface area contributed by atoms with E-state index in [-0.39, 0.29) is 0 Å². The third-order valence-electron chi connectivity index (χ3n) is 4.34. The highest BCUT2D eigenvalue weighted by Gasteiger charge is 2.30. The number of anilines is 1. The van der Waals surface area contributed by atoms with E-state index in [4.69, 9.17) is 0 Å². The maximum atomic E-state index is 4.54. The van der Waals surface area contributed by atoms with E-state index in [2.05, 4.69) is 38.4 Å².